The molecule has 1 heterocycles. The highest BCUT2D eigenvalue weighted by molar-refractivity contribution is 5.74. The van der Waals surface area contributed by atoms with Gasteiger partial charge in [-0.15, -0.1) is 0 Å². The van der Waals surface area contributed by atoms with Gasteiger partial charge in [-0.1, -0.05) is 12.8 Å². The summed E-state index contributed by atoms with van der Waals surface area (Å²) >= 11 is 0. The average molecular weight is 398 g/mol. The number of carbonyl (C=O) groups excluding carboxylic acids is 1. The molecule has 3 fully saturated rings. The average Bonchev–Trinajstić information content (AvgIpc) is 2.74. The van der Waals surface area contributed by atoms with E-state index in [9.17, 15) is 4.79 Å². The predicted molar refractivity (Wildman–Crippen MR) is 107 cm³/mol. The maximum absolute atomic E-state index is 11.8. The quantitative estimate of drug-likeness (QED) is 0.557. The molecule has 3 atom stereocenters. The summed E-state index contributed by atoms with van der Waals surface area (Å²) in [4.78, 5) is 14.4. The topological polar surface area (TPSA) is 57.2 Å². The molecule has 0 N–H and O–H groups in total. The molecule has 2 aliphatic carbocycles. The molecule has 0 bridgehead atoms. The summed E-state index contributed by atoms with van der Waals surface area (Å²) in [5.41, 5.74) is 0. The van der Waals surface area contributed by atoms with Crippen molar-refractivity contribution >= 4 is 5.97 Å². The van der Waals surface area contributed by atoms with Gasteiger partial charge in [0.1, 0.15) is 0 Å². The monoisotopic (exact) mass is 397 g/mol. The van der Waals surface area contributed by atoms with E-state index in [4.69, 9.17) is 18.9 Å². The number of methoxy groups -OCH3 is 1. The third-order valence-corrected chi connectivity index (χ3v) is 6.75. The zero-order valence-electron chi connectivity index (χ0n) is 17.8. The minimum Gasteiger partial charge on any atom is -0.467 e. The van der Waals surface area contributed by atoms with Gasteiger partial charge < -0.3 is 18.9 Å². The normalized spacial score (nSPS) is 32.5. The van der Waals surface area contributed by atoms with Gasteiger partial charge in [-0.2, -0.15) is 0 Å². The number of esters is 1. The molecule has 1 aliphatic heterocycles. The van der Waals surface area contributed by atoms with E-state index in [-0.39, 0.29) is 5.97 Å². The largest absolute Gasteiger partial charge is 0.467 e. The van der Waals surface area contributed by atoms with Crippen LogP contribution >= 0.6 is 0 Å². The van der Waals surface area contributed by atoms with Gasteiger partial charge in [0, 0.05) is 25.7 Å². The third kappa shape index (κ3) is 6.15. The SMILES string of the molecule is CCOC(CC1CCC(OCCN2CCOC3CCCCC32)CC1)C(=O)OC. The molecule has 0 radical (unpaired) electrons. The third-order valence-electron chi connectivity index (χ3n) is 6.75. The Morgan fingerprint density at radius 1 is 1.14 bits per heavy atom. The number of fused-ring (bicyclic) bond motifs is 1. The van der Waals surface area contributed by atoms with Crippen LogP contribution < -0.4 is 0 Å². The van der Waals surface area contributed by atoms with E-state index in [1.807, 2.05) is 6.92 Å². The molecule has 3 rings (SSSR count). The first-order valence-corrected chi connectivity index (χ1v) is 11.4. The zero-order chi connectivity index (χ0) is 19.8. The Kier molecular flexibility index (Phi) is 9.03. The van der Waals surface area contributed by atoms with Crippen LogP contribution in [0.4, 0.5) is 0 Å². The molecule has 1 saturated heterocycles. The molecule has 0 aromatic rings. The van der Waals surface area contributed by atoms with E-state index in [2.05, 4.69) is 4.90 Å². The van der Waals surface area contributed by atoms with Crippen LogP contribution in [0.25, 0.3) is 0 Å². The van der Waals surface area contributed by atoms with Gasteiger partial charge >= 0.3 is 5.97 Å². The van der Waals surface area contributed by atoms with Gasteiger partial charge in [-0.25, -0.2) is 4.79 Å². The number of rotatable bonds is 9. The fourth-order valence-corrected chi connectivity index (χ4v) is 5.19. The van der Waals surface area contributed by atoms with Crippen molar-refractivity contribution < 1.29 is 23.7 Å². The summed E-state index contributed by atoms with van der Waals surface area (Å²) in [5, 5.41) is 0. The first-order valence-electron chi connectivity index (χ1n) is 11.4. The maximum atomic E-state index is 11.8. The first-order chi connectivity index (χ1) is 13.7. The van der Waals surface area contributed by atoms with E-state index in [0.29, 0.717) is 30.8 Å². The summed E-state index contributed by atoms with van der Waals surface area (Å²) in [7, 11) is 1.43. The lowest BCUT2D eigenvalue weighted by Crippen LogP contribution is -2.53. The fourth-order valence-electron chi connectivity index (χ4n) is 5.19. The Morgan fingerprint density at radius 3 is 2.68 bits per heavy atom. The van der Waals surface area contributed by atoms with Crippen LogP contribution in [0.5, 0.6) is 0 Å². The molecule has 3 unspecified atom stereocenters. The summed E-state index contributed by atoms with van der Waals surface area (Å²) in [6, 6.07) is 0.607. The number of hydrogen-bond acceptors (Lipinski definition) is 6. The van der Waals surface area contributed by atoms with Crippen LogP contribution in [-0.2, 0) is 23.7 Å². The predicted octanol–water partition coefficient (Wildman–Crippen LogP) is 3.17. The number of hydrogen-bond donors (Lipinski definition) is 0. The second-order valence-electron chi connectivity index (χ2n) is 8.51. The smallest absolute Gasteiger partial charge is 0.334 e. The molecule has 2 saturated carbocycles. The Bertz CT molecular complexity index is 464. The molecule has 6 nitrogen and oxygen atoms in total. The highest BCUT2D eigenvalue weighted by atomic mass is 16.6. The van der Waals surface area contributed by atoms with Gasteiger partial charge in [-0.05, 0) is 57.8 Å². The van der Waals surface area contributed by atoms with Crippen molar-refractivity contribution in [3.8, 4) is 0 Å². The number of ether oxygens (including phenoxy) is 4. The molecule has 6 heteroatoms. The number of morpholine rings is 1. The van der Waals surface area contributed by atoms with E-state index in [1.54, 1.807) is 0 Å². The molecule has 0 aromatic heterocycles. The first kappa shape index (κ1) is 22.0. The molecular weight excluding hydrogens is 358 g/mol. The van der Waals surface area contributed by atoms with Crippen molar-refractivity contribution in [2.24, 2.45) is 5.92 Å². The van der Waals surface area contributed by atoms with Crippen molar-refractivity contribution in [3.05, 3.63) is 0 Å². The highest BCUT2D eigenvalue weighted by Gasteiger charge is 2.34. The van der Waals surface area contributed by atoms with Crippen LogP contribution in [0.1, 0.15) is 64.7 Å². The number of carbonyl (C=O) groups is 1. The number of nitrogens with zero attached hydrogens (tertiary/aromatic N) is 1. The van der Waals surface area contributed by atoms with Crippen LogP contribution in [0.3, 0.4) is 0 Å². The lowest BCUT2D eigenvalue weighted by atomic mass is 9.84. The lowest BCUT2D eigenvalue weighted by Gasteiger charge is -2.44. The molecule has 0 spiro atoms. The Hall–Kier alpha value is -0.690. The summed E-state index contributed by atoms with van der Waals surface area (Å²) in [6.45, 7) is 6.23. The van der Waals surface area contributed by atoms with Crippen LogP contribution in [0.15, 0.2) is 0 Å². The van der Waals surface area contributed by atoms with Crippen LogP contribution in [-0.4, -0.2) is 75.2 Å². The second-order valence-corrected chi connectivity index (χ2v) is 8.51. The molecule has 0 amide bonds. The Labute approximate surface area is 170 Å². The molecule has 3 aliphatic rings. The van der Waals surface area contributed by atoms with Crippen molar-refractivity contribution in [2.45, 2.75) is 89.1 Å². The molecule has 0 aromatic carbocycles. The summed E-state index contributed by atoms with van der Waals surface area (Å²) < 4.78 is 22.6. The second kappa shape index (κ2) is 11.5. The maximum Gasteiger partial charge on any atom is 0.334 e. The van der Waals surface area contributed by atoms with Gasteiger partial charge in [-0.3, -0.25) is 4.90 Å². The van der Waals surface area contributed by atoms with E-state index >= 15 is 0 Å². The van der Waals surface area contributed by atoms with Crippen molar-refractivity contribution in [1.29, 1.82) is 0 Å². The van der Waals surface area contributed by atoms with Gasteiger partial charge in [0.15, 0.2) is 6.10 Å². The van der Waals surface area contributed by atoms with E-state index in [0.717, 1.165) is 58.4 Å². The summed E-state index contributed by atoms with van der Waals surface area (Å²) in [5.74, 6) is 0.282. The van der Waals surface area contributed by atoms with Gasteiger partial charge in [0.05, 0.1) is 32.5 Å². The van der Waals surface area contributed by atoms with Gasteiger partial charge in [0.2, 0.25) is 0 Å². The van der Waals surface area contributed by atoms with Crippen molar-refractivity contribution in [3.63, 3.8) is 0 Å². The Morgan fingerprint density at radius 2 is 1.93 bits per heavy atom. The van der Waals surface area contributed by atoms with Crippen LogP contribution in [0.2, 0.25) is 0 Å². The highest BCUT2D eigenvalue weighted by Crippen LogP contribution is 2.31. The molecular formula is C22H39NO5. The van der Waals surface area contributed by atoms with Crippen molar-refractivity contribution in [1.82, 2.24) is 4.90 Å². The van der Waals surface area contributed by atoms with Crippen LogP contribution in [0, 0.1) is 5.92 Å². The van der Waals surface area contributed by atoms with E-state index < -0.39 is 6.10 Å². The minimum atomic E-state index is -0.415. The summed E-state index contributed by atoms with van der Waals surface area (Å²) in [6.07, 6.45) is 10.7. The van der Waals surface area contributed by atoms with Crippen molar-refractivity contribution in [2.75, 3.05) is 40.0 Å². The fraction of sp³-hybridized carbons (Fsp3) is 0.955. The zero-order valence-corrected chi connectivity index (χ0v) is 17.8. The molecule has 162 valence electrons. The lowest BCUT2D eigenvalue weighted by molar-refractivity contribution is -0.155. The Balaban J connectivity index is 1.33. The molecule has 28 heavy (non-hydrogen) atoms. The standard InChI is InChI=1S/C22H39NO5/c1-3-26-21(22(24)25-2)16-17-8-10-18(11-9-17)27-14-12-23-13-15-28-20-7-5-4-6-19(20)23/h17-21H,3-16H2,1-2H3. The van der Waals surface area contributed by atoms with E-state index in [1.165, 1.54) is 32.8 Å². The van der Waals surface area contributed by atoms with Gasteiger partial charge in [0.25, 0.3) is 0 Å². The minimum absolute atomic E-state index is 0.244.